The van der Waals surface area contributed by atoms with Gasteiger partial charge >= 0.3 is 11.9 Å². The first kappa shape index (κ1) is 34.9. The molecular weight excluding hydrogens is 795 g/mol. The number of nitrogens with zero attached hydrogens (tertiary/aromatic N) is 5. The van der Waals surface area contributed by atoms with Crippen LogP contribution < -0.4 is 4.57 Å². The molecule has 0 fully saturated rings. The minimum atomic E-state index is -0.456. The summed E-state index contributed by atoms with van der Waals surface area (Å²) in [5, 5.41) is 6.87. The lowest BCUT2D eigenvalue weighted by Gasteiger charge is -2.30. The smallest absolute Gasteiger partial charge is 0.364 e. The molecule has 13 aromatic rings. The molecule has 6 nitrogen and oxygen atoms in total. The van der Waals surface area contributed by atoms with Crippen molar-refractivity contribution in [1.82, 2.24) is 19.1 Å². The summed E-state index contributed by atoms with van der Waals surface area (Å²) in [6, 6.07) is 72.5. The van der Waals surface area contributed by atoms with Gasteiger partial charge in [0.15, 0.2) is 0 Å². The predicted molar refractivity (Wildman–Crippen MR) is 261 cm³/mol. The van der Waals surface area contributed by atoms with Crippen molar-refractivity contribution in [2.24, 2.45) is 7.05 Å². The van der Waals surface area contributed by atoms with Gasteiger partial charge < -0.3 is 4.42 Å². The number of fused-ring (bicyclic) bond motifs is 20. The number of benzene rings is 9. The van der Waals surface area contributed by atoms with Crippen molar-refractivity contribution in [2.75, 3.05) is 0 Å². The van der Waals surface area contributed by atoms with E-state index in [1.807, 2.05) is 12.1 Å². The Morgan fingerprint density at radius 3 is 1.66 bits per heavy atom. The van der Waals surface area contributed by atoms with Crippen LogP contribution in [0.2, 0.25) is 0 Å². The highest BCUT2D eigenvalue weighted by atomic mass is 16.3. The fourth-order valence-corrected chi connectivity index (χ4v) is 11.9. The number of aromatic nitrogens is 5. The van der Waals surface area contributed by atoms with Gasteiger partial charge in [-0.2, -0.15) is 0 Å². The van der Waals surface area contributed by atoms with Crippen LogP contribution in [0.3, 0.4) is 0 Å². The quantitative estimate of drug-likeness (QED) is 0.167. The van der Waals surface area contributed by atoms with E-state index in [0.29, 0.717) is 5.95 Å². The molecule has 4 aromatic heterocycles. The zero-order valence-electron chi connectivity index (χ0n) is 35.2. The fraction of sp³-hybridized carbons (Fsp3) is 0.0339. The Kier molecular flexibility index (Phi) is 6.73. The van der Waals surface area contributed by atoms with Crippen LogP contribution in [-0.2, 0) is 12.5 Å². The van der Waals surface area contributed by atoms with Crippen molar-refractivity contribution < 1.29 is 8.98 Å². The maximum Gasteiger partial charge on any atom is 0.364 e. The van der Waals surface area contributed by atoms with Gasteiger partial charge in [0.05, 0.1) is 23.5 Å². The Balaban J connectivity index is 1.06. The van der Waals surface area contributed by atoms with E-state index < -0.39 is 5.41 Å². The van der Waals surface area contributed by atoms with E-state index >= 15 is 0 Å². The summed E-state index contributed by atoms with van der Waals surface area (Å²) in [5.74, 6) is 2.11. The van der Waals surface area contributed by atoms with E-state index in [9.17, 15) is 0 Å². The third-order valence-corrected chi connectivity index (χ3v) is 14.4. The van der Waals surface area contributed by atoms with Crippen molar-refractivity contribution in [3.63, 3.8) is 0 Å². The molecule has 0 unspecified atom stereocenters. The number of furan rings is 1. The lowest BCUT2D eigenvalue weighted by atomic mass is 9.70. The third-order valence-electron chi connectivity index (χ3n) is 14.4. The van der Waals surface area contributed by atoms with Gasteiger partial charge in [0.2, 0.25) is 5.82 Å². The van der Waals surface area contributed by atoms with Gasteiger partial charge in [-0.05, 0) is 93.0 Å². The first-order valence-corrected chi connectivity index (χ1v) is 22.2. The maximum atomic E-state index is 6.48. The third kappa shape index (κ3) is 4.36. The highest BCUT2D eigenvalue weighted by molar-refractivity contribution is 6.19. The average Bonchev–Trinajstić information content (AvgIpc) is 4.15. The standard InChI is InChI=1S/C59H36N5O/c1-62-56(35-30-31-41-40-20-8-15-29-52(40)65-53(41)34-35)60-57(63-48-26-12-5-18-38(48)39-19-6-13-27-49(39)63)61-58(62)64-50-28-14-7-22-43(50)55-51(64)33-32-47-54(55)42-21-4-11-25-46(42)59(47)44-23-9-2-16-36(44)37-17-3-10-24-45(37)59/h2-34H,1H3/q+1. The van der Waals surface area contributed by atoms with Gasteiger partial charge in [0, 0.05) is 37.9 Å². The molecule has 0 amide bonds. The van der Waals surface area contributed by atoms with Crippen molar-refractivity contribution in [3.8, 4) is 45.5 Å². The number of para-hydroxylation sites is 4. The molecule has 4 heterocycles. The van der Waals surface area contributed by atoms with Gasteiger partial charge in [-0.1, -0.05) is 162 Å². The molecule has 9 aromatic carbocycles. The number of rotatable bonds is 3. The van der Waals surface area contributed by atoms with Crippen LogP contribution in [0.15, 0.2) is 205 Å². The van der Waals surface area contributed by atoms with Crippen LogP contribution in [0.5, 0.6) is 0 Å². The molecule has 65 heavy (non-hydrogen) atoms. The molecule has 0 bridgehead atoms. The second kappa shape index (κ2) is 12.5. The van der Waals surface area contributed by atoms with Gasteiger partial charge in [0.1, 0.15) is 22.2 Å². The predicted octanol–water partition coefficient (Wildman–Crippen LogP) is 13.4. The summed E-state index contributed by atoms with van der Waals surface area (Å²) in [6.45, 7) is 0. The summed E-state index contributed by atoms with van der Waals surface area (Å²) in [7, 11) is 2.09. The minimum Gasteiger partial charge on any atom is -0.456 e. The summed E-state index contributed by atoms with van der Waals surface area (Å²) >= 11 is 0. The normalized spacial score (nSPS) is 13.4. The highest BCUT2D eigenvalue weighted by Crippen LogP contribution is 2.64. The molecular formula is C59H36N5O+. The topological polar surface area (TPSA) is 52.7 Å². The van der Waals surface area contributed by atoms with Gasteiger partial charge in [0.25, 0.3) is 0 Å². The average molecular weight is 831 g/mol. The molecule has 15 rings (SSSR count). The van der Waals surface area contributed by atoms with Crippen molar-refractivity contribution in [1.29, 1.82) is 0 Å². The van der Waals surface area contributed by atoms with Crippen LogP contribution in [-0.4, -0.2) is 19.1 Å². The van der Waals surface area contributed by atoms with E-state index in [1.54, 1.807) is 0 Å². The largest absolute Gasteiger partial charge is 0.456 e. The molecule has 2 aliphatic rings. The van der Waals surface area contributed by atoms with E-state index in [-0.39, 0.29) is 0 Å². The molecule has 1 spiro atoms. The van der Waals surface area contributed by atoms with Crippen LogP contribution in [0.4, 0.5) is 0 Å². The molecule has 6 heteroatoms. The summed E-state index contributed by atoms with van der Waals surface area (Å²) in [5.41, 5.74) is 16.8. The van der Waals surface area contributed by atoms with Gasteiger partial charge in [-0.3, -0.25) is 4.57 Å². The molecule has 302 valence electrons. The summed E-state index contributed by atoms with van der Waals surface area (Å²) in [4.78, 5) is 11.2. The van der Waals surface area contributed by atoms with Crippen molar-refractivity contribution >= 4 is 65.6 Å². The molecule has 0 N–H and O–H groups in total. The Bertz CT molecular complexity index is 4120. The van der Waals surface area contributed by atoms with Gasteiger partial charge in [-0.15, -0.1) is 0 Å². The van der Waals surface area contributed by atoms with E-state index in [0.717, 1.165) is 72.1 Å². The fourth-order valence-electron chi connectivity index (χ4n) is 11.9. The first-order valence-electron chi connectivity index (χ1n) is 22.2. The molecule has 2 aliphatic carbocycles. The monoisotopic (exact) mass is 830 g/mol. The summed E-state index contributed by atoms with van der Waals surface area (Å²) in [6.07, 6.45) is 0. The SMILES string of the molecule is C[n+]1c(-c2ccc3c(c2)oc2ccccc23)nc(-n2c3ccccc3c3ccccc32)nc1-n1c2ccccc2c2c3c(ccc21)C1(c2ccccc2-c2ccccc21)c1ccccc1-3. The van der Waals surface area contributed by atoms with Gasteiger partial charge in [-0.25, -0.2) is 9.13 Å². The summed E-state index contributed by atoms with van der Waals surface area (Å²) < 4.78 is 13.2. The Hall–Kier alpha value is -8.61. The maximum absolute atomic E-state index is 6.48. The molecule has 0 saturated heterocycles. The molecule has 0 aliphatic heterocycles. The minimum absolute atomic E-state index is 0.456. The van der Waals surface area contributed by atoms with Crippen molar-refractivity contribution in [2.45, 2.75) is 5.41 Å². The van der Waals surface area contributed by atoms with E-state index in [4.69, 9.17) is 14.4 Å². The van der Waals surface area contributed by atoms with Crippen LogP contribution in [0, 0.1) is 0 Å². The molecule has 0 radical (unpaired) electrons. The Morgan fingerprint density at radius 1 is 0.431 bits per heavy atom. The number of hydrogen-bond acceptors (Lipinski definition) is 3. The van der Waals surface area contributed by atoms with Crippen LogP contribution in [0.25, 0.3) is 111 Å². The molecule has 0 atom stereocenters. The Labute approximate surface area is 372 Å². The van der Waals surface area contributed by atoms with E-state index in [1.165, 1.54) is 55.3 Å². The lowest BCUT2D eigenvalue weighted by Crippen LogP contribution is -2.39. The number of hydrogen-bond donors (Lipinski definition) is 0. The van der Waals surface area contributed by atoms with Crippen LogP contribution >= 0.6 is 0 Å². The molecule has 0 saturated carbocycles. The van der Waals surface area contributed by atoms with Crippen LogP contribution in [0.1, 0.15) is 22.3 Å². The zero-order valence-corrected chi connectivity index (χ0v) is 35.2. The lowest BCUT2D eigenvalue weighted by molar-refractivity contribution is -0.659. The van der Waals surface area contributed by atoms with E-state index in [2.05, 4.69) is 209 Å². The second-order valence-corrected chi connectivity index (χ2v) is 17.5. The zero-order chi connectivity index (χ0) is 42.5. The second-order valence-electron chi connectivity index (χ2n) is 17.5. The Morgan fingerprint density at radius 2 is 0.969 bits per heavy atom. The highest BCUT2D eigenvalue weighted by Gasteiger charge is 2.52. The first-order chi connectivity index (χ1) is 32.2. The van der Waals surface area contributed by atoms with Crippen molar-refractivity contribution in [3.05, 3.63) is 222 Å².